The second-order valence-corrected chi connectivity index (χ2v) is 12.3. The number of carbonyl (C=O) groups excluding carboxylic acids is 3. The van der Waals surface area contributed by atoms with E-state index in [0.717, 1.165) is 27.7 Å². The van der Waals surface area contributed by atoms with Gasteiger partial charge in [0.1, 0.15) is 0 Å². The Labute approximate surface area is 264 Å². The number of hydrogen-bond acceptors (Lipinski definition) is 7. The molecule has 3 unspecified atom stereocenters. The predicted molar refractivity (Wildman–Crippen MR) is 177 cm³/mol. The zero-order chi connectivity index (χ0) is 32.1. The molecule has 2 aliphatic rings. The molecule has 0 fully saturated rings. The van der Waals surface area contributed by atoms with Gasteiger partial charge in [0, 0.05) is 36.3 Å². The Morgan fingerprint density at radius 3 is 2.71 bits per heavy atom. The average Bonchev–Trinajstić information content (AvgIpc) is 3.03. The number of benzene rings is 2. The first kappa shape index (κ1) is 32.0. The van der Waals surface area contributed by atoms with Crippen LogP contribution in [-0.2, 0) is 16.0 Å². The third-order valence-electron chi connectivity index (χ3n) is 8.83. The second kappa shape index (κ2) is 13.7. The molecule has 0 saturated carbocycles. The van der Waals surface area contributed by atoms with Gasteiger partial charge in [0.05, 0.1) is 35.4 Å². The number of nitrogens with two attached hydrogens (primary N) is 2. The van der Waals surface area contributed by atoms with E-state index in [9.17, 15) is 14.4 Å². The van der Waals surface area contributed by atoms with Gasteiger partial charge in [-0.25, -0.2) is 0 Å². The molecule has 0 spiro atoms. The lowest BCUT2D eigenvalue weighted by Gasteiger charge is -2.38. The molecule has 3 atom stereocenters. The second-order valence-electron chi connectivity index (χ2n) is 12.3. The van der Waals surface area contributed by atoms with Crippen molar-refractivity contribution in [3.63, 3.8) is 0 Å². The number of amides is 3. The highest BCUT2D eigenvalue weighted by atomic mass is 16.2. The fraction of sp³-hybridized carbons (Fsp3) is 0.371. The molecule has 3 amide bonds. The summed E-state index contributed by atoms with van der Waals surface area (Å²) in [6.07, 6.45) is 7.07. The summed E-state index contributed by atoms with van der Waals surface area (Å²) >= 11 is 0. The van der Waals surface area contributed by atoms with E-state index in [0.29, 0.717) is 50.1 Å². The molecule has 1 aliphatic heterocycles. The SMILES string of the molecule is CNCCN(CC(N)=O)C(N)CCN1C(=O)c2cc(NC(=O)C3(C)C=CC(C)=CC3)ccc2CC1c1ccc2ccccc2n1. The molecule has 0 radical (unpaired) electrons. The highest BCUT2D eigenvalue weighted by molar-refractivity contribution is 6.01. The summed E-state index contributed by atoms with van der Waals surface area (Å²) in [6, 6.07) is 17.2. The summed E-state index contributed by atoms with van der Waals surface area (Å²) in [5.41, 5.74) is 16.2. The summed E-state index contributed by atoms with van der Waals surface area (Å²) in [7, 11) is 1.83. The molecule has 45 heavy (non-hydrogen) atoms. The number of aromatic nitrogens is 1. The monoisotopic (exact) mass is 609 g/mol. The Balaban J connectivity index is 1.42. The number of nitrogens with zero attached hydrogens (tertiary/aromatic N) is 3. The highest BCUT2D eigenvalue weighted by Gasteiger charge is 2.36. The normalized spacial score (nSPS) is 20.2. The van der Waals surface area contributed by atoms with E-state index < -0.39 is 17.5 Å². The van der Waals surface area contributed by atoms with E-state index in [-0.39, 0.29) is 24.4 Å². The van der Waals surface area contributed by atoms with E-state index in [1.165, 1.54) is 0 Å². The zero-order valence-corrected chi connectivity index (χ0v) is 26.3. The van der Waals surface area contributed by atoms with E-state index in [2.05, 4.69) is 16.7 Å². The minimum Gasteiger partial charge on any atom is -0.369 e. The van der Waals surface area contributed by atoms with Crippen LogP contribution in [0.25, 0.3) is 10.9 Å². The summed E-state index contributed by atoms with van der Waals surface area (Å²) in [4.78, 5) is 47.9. The lowest BCUT2D eigenvalue weighted by molar-refractivity contribution is -0.122. The van der Waals surface area contributed by atoms with E-state index >= 15 is 0 Å². The highest BCUT2D eigenvalue weighted by Crippen LogP contribution is 2.36. The van der Waals surface area contributed by atoms with Crippen LogP contribution in [0.1, 0.15) is 54.3 Å². The third-order valence-corrected chi connectivity index (χ3v) is 8.83. The Morgan fingerprint density at radius 1 is 1.18 bits per heavy atom. The van der Waals surface area contributed by atoms with Gasteiger partial charge in [0.25, 0.3) is 5.91 Å². The lowest BCUT2D eigenvalue weighted by atomic mass is 9.81. The van der Waals surface area contributed by atoms with Gasteiger partial charge in [0.2, 0.25) is 11.8 Å². The molecule has 6 N–H and O–H groups in total. The maximum Gasteiger partial charge on any atom is 0.254 e. The fourth-order valence-corrected chi connectivity index (χ4v) is 5.97. The lowest BCUT2D eigenvalue weighted by Crippen LogP contribution is -2.50. The fourth-order valence-electron chi connectivity index (χ4n) is 5.97. The third kappa shape index (κ3) is 7.30. The Morgan fingerprint density at radius 2 is 1.98 bits per heavy atom. The Kier molecular flexibility index (Phi) is 9.77. The number of allylic oxidation sites excluding steroid dienone is 3. The van der Waals surface area contributed by atoms with Gasteiger partial charge in [-0.3, -0.25) is 24.3 Å². The molecule has 2 aromatic carbocycles. The van der Waals surface area contributed by atoms with Crippen molar-refractivity contribution in [2.45, 2.75) is 45.3 Å². The number of primary amides is 1. The summed E-state index contributed by atoms with van der Waals surface area (Å²) < 4.78 is 0. The Bertz CT molecular complexity index is 1650. The number of fused-ring (bicyclic) bond motifs is 2. The summed E-state index contributed by atoms with van der Waals surface area (Å²) in [6.45, 7) is 5.48. The van der Waals surface area contributed by atoms with Crippen molar-refractivity contribution in [2.75, 3.05) is 38.5 Å². The maximum absolute atomic E-state index is 14.3. The first-order valence-electron chi connectivity index (χ1n) is 15.5. The van der Waals surface area contributed by atoms with Crippen LogP contribution in [0.15, 0.2) is 78.4 Å². The average molecular weight is 610 g/mol. The van der Waals surface area contributed by atoms with Crippen molar-refractivity contribution in [2.24, 2.45) is 16.9 Å². The van der Waals surface area contributed by atoms with Gasteiger partial charge in [-0.05, 0) is 70.0 Å². The van der Waals surface area contributed by atoms with Gasteiger partial charge >= 0.3 is 0 Å². The van der Waals surface area contributed by atoms with Gasteiger partial charge in [-0.2, -0.15) is 0 Å². The number of likely N-dealkylation sites (N-methyl/N-ethyl adjacent to an activating group) is 1. The molecule has 2 heterocycles. The molecule has 1 aliphatic carbocycles. The topological polar surface area (TPSA) is 147 Å². The van der Waals surface area contributed by atoms with Gasteiger partial charge < -0.3 is 27.0 Å². The summed E-state index contributed by atoms with van der Waals surface area (Å²) in [5.74, 6) is -0.734. The first-order valence-corrected chi connectivity index (χ1v) is 15.5. The molecule has 0 bridgehead atoms. The standard InChI is InChI=1S/C35H43N7O3/c1-23-12-15-35(2,16-13-23)34(45)39-26-10-8-25-20-30(29-11-9-24-6-4-5-7-28(24)40-29)42(33(44)27(25)21-26)18-14-31(36)41(19-17-38-3)22-32(37)43/h4-13,15,21,30-31,38H,14,16-20,22,36H2,1-3H3,(H2,37,43)(H,39,45). The van der Waals surface area contributed by atoms with Crippen LogP contribution < -0.4 is 22.1 Å². The number of nitrogens with one attached hydrogen (secondary N) is 2. The smallest absolute Gasteiger partial charge is 0.254 e. The molecule has 3 aromatic rings. The van der Waals surface area contributed by atoms with Crippen LogP contribution >= 0.6 is 0 Å². The van der Waals surface area contributed by atoms with Crippen LogP contribution in [-0.4, -0.2) is 71.9 Å². The van der Waals surface area contributed by atoms with Crippen molar-refractivity contribution < 1.29 is 14.4 Å². The van der Waals surface area contributed by atoms with Crippen LogP contribution in [0, 0.1) is 5.41 Å². The minimum absolute atomic E-state index is 0.0296. The van der Waals surface area contributed by atoms with Gasteiger partial charge in [0.15, 0.2) is 0 Å². The van der Waals surface area contributed by atoms with Gasteiger partial charge in [-0.1, -0.05) is 54.1 Å². The van der Waals surface area contributed by atoms with Crippen molar-refractivity contribution in [1.82, 2.24) is 20.1 Å². The summed E-state index contributed by atoms with van der Waals surface area (Å²) in [5, 5.41) is 7.14. The number of para-hydroxylation sites is 1. The minimum atomic E-state index is -0.668. The molecule has 10 heteroatoms. The molecule has 1 aromatic heterocycles. The largest absolute Gasteiger partial charge is 0.369 e. The number of anilines is 1. The predicted octanol–water partition coefficient (Wildman–Crippen LogP) is 3.51. The molecule has 10 nitrogen and oxygen atoms in total. The number of carbonyl (C=O) groups is 3. The molecular formula is C35H43N7O3. The van der Waals surface area contributed by atoms with Crippen molar-refractivity contribution >= 4 is 34.3 Å². The number of rotatable bonds is 12. The molecular weight excluding hydrogens is 566 g/mol. The molecule has 0 saturated heterocycles. The molecule has 236 valence electrons. The van der Waals surface area contributed by atoms with Crippen LogP contribution in [0.5, 0.6) is 0 Å². The van der Waals surface area contributed by atoms with Crippen molar-refractivity contribution in [3.8, 4) is 0 Å². The first-order chi connectivity index (χ1) is 21.6. The quantitative estimate of drug-likeness (QED) is 0.230. The van der Waals surface area contributed by atoms with Crippen LogP contribution in [0.2, 0.25) is 0 Å². The van der Waals surface area contributed by atoms with Crippen LogP contribution in [0.3, 0.4) is 0 Å². The number of pyridine rings is 1. The zero-order valence-electron chi connectivity index (χ0n) is 26.3. The van der Waals surface area contributed by atoms with Crippen LogP contribution in [0.4, 0.5) is 5.69 Å². The van der Waals surface area contributed by atoms with E-state index in [4.69, 9.17) is 16.5 Å². The van der Waals surface area contributed by atoms with Crippen molar-refractivity contribution in [1.29, 1.82) is 0 Å². The maximum atomic E-state index is 14.3. The van der Waals surface area contributed by atoms with Gasteiger partial charge in [-0.15, -0.1) is 0 Å². The number of hydrogen-bond donors (Lipinski definition) is 4. The van der Waals surface area contributed by atoms with E-state index in [1.54, 1.807) is 6.07 Å². The molecule has 5 rings (SSSR count). The Hall–Kier alpha value is -4.38. The van der Waals surface area contributed by atoms with Crippen molar-refractivity contribution in [3.05, 3.63) is 95.2 Å². The van der Waals surface area contributed by atoms with E-state index in [1.807, 2.05) is 91.4 Å².